The van der Waals surface area contributed by atoms with E-state index in [4.69, 9.17) is 5.73 Å². The van der Waals surface area contributed by atoms with Gasteiger partial charge in [-0.15, -0.1) is 0 Å². The van der Waals surface area contributed by atoms with Gasteiger partial charge < -0.3 is 11.1 Å². The third-order valence-corrected chi connectivity index (χ3v) is 4.26. The molecule has 1 heterocycles. The van der Waals surface area contributed by atoms with Crippen molar-refractivity contribution < 1.29 is 0 Å². The van der Waals surface area contributed by atoms with Gasteiger partial charge in [0.1, 0.15) is 0 Å². The fourth-order valence-electron chi connectivity index (χ4n) is 3.64. The minimum atomic E-state index is -0.323. The number of allylic oxidation sites excluding steroid dienone is 4. The van der Waals surface area contributed by atoms with E-state index in [0.717, 1.165) is 18.5 Å². The highest BCUT2D eigenvalue weighted by Crippen LogP contribution is 2.48. The maximum Gasteiger partial charge on any atom is 0.0685 e. The smallest absolute Gasteiger partial charge is 0.0685 e. The Balaban J connectivity index is 2.17. The highest BCUT2D eigenvalue weighted by molar-refractivity contribution is 5.56. The van der Waals surface area contributed by atoms with Crippen molar-refractivity contribution in [2.75, 3.05) is 0 Å². The number of fused-ring (bicyclic) bond motifs is 3. The summed E-state index contributed by atoms with van der Waals surface area (Å²) in [5.41, 5.74) is 12.7. The molecule has 2 bridgehead atoms. The van der Waals surface area contributed by atoms with Crippen LogP contribution in [0.1, 0.15) is 26.7 Å². The molecule has 94 valence electrons. The maximum absolute atomic E-state index is 6.76. The zero-order valence-corrected chi connectivity index (χ0v) is 11.1. The first-order chi connectivity index (χ1) is 8.54. The number of hydrogen-bond acceptors (Lipinski definition) is 2. The van der Waals surface area contributed by atoms with Crippen LogP contribution in [-0.4, -0.2) is 5.54 Å². The van der Waals surface area contributed by atoms with E-state index in [1.807, 2.05) is 6.08 Å². The first-order valence-electron chi connectivity index (χ1n) is 6.55. The van der Waals surface area contributed by atoms with Crippen molar-refractivity contribution in [3.8, 4) is 0 Å². The Morgan fingerprint density at radius 3 is 3.00 bits per heavy atom. The van der Waals surface area contributed by atoms with Crippen molar-refractivity contribution in [1.29, 1.82) is 0 Å². The molecule has 2 heteroatoms. The number of hydrogen-bond donors (Lipinski definition) is 2. The summed E-state index contributed by atoms with van der Waals surface area (Å²) in [4.78, 5) is 0. The molecule has 0 radical (unpaired) electrons. The summed E-state index contributed by atoms with van der Waals surface area (Å²) >= 11 is 0. The Labute approximate surface area is 109 Å². The molecular formula is C16H20N2. The lowest BCUT2D eigenvalue weighted by molar-refractivity contribution is 0.449. The molecule has 3 N–H and O–H groups in total. The molecule has 3 aliphatic rings. The number of dihydropyridines is 1. The van der Waals surface area contributed by atoms with Gasteiger partial charge in [0.15, 0.2) is 0 Å². The lowest BCUT2D eigenvalue weighted by atomic mass is 9.63. The van der Waals surface area contributed by atoms with Gasteiger partial charge in [-0.3, -0.25) is 0 Å². The van der Waals surface area contributed by atoms with E-state index in [-0.39, 0.29) is 5.54 Å². The molecule has 3 rings (SSSR count). The molecule has 0 aromatic carbocycles. The summed E-state index contributed by atoms with van der Waals surface area (Å²) in [6, 6.07) is 0. The molecule has 0 fully saturated rings. The third-order valence-electron chi connectivity index (χ3n) is 4.26. The highest BCUT2D eigenvalue weighted by atomic mass is 14.9. The molecule has 0 aromatic rings. The molecule has 0 unspecified atom stereocenters. The van der Waals surface area contributed by atoms with Gasteiger partial charge in [-0.05, 0) is 43.9 Å². The fourth-order valence-corrected chi connectivity index (χ4v) is 3.64. The minimum absolute atomic E-state index is 0.323. The normalized spacial score (nSPS) is 36.4. The van der Waals surface area contributed by atoms with Crippen LogP contribution in [-0.2, 0) is 0 Å². The maximum atomic E-state index is 6.76. The van der Waals surface area contributed by atoms with Gasteiger partial charge in [-0.2, -0.15) is 0 Å². The first kappa shape index (κ1) is 11.5. The summed E-state index contributed by atoms with van der Waals surface area (Å²) in [6.45, 7) is 8.26. The van der Waals surface area contributed by atoms with Crippen LogP contribution in [0.3, 0.4) is 0 Å². The molecule has 0 spiro atoms. The lowest BCUT2D eigenvalue weighted by Crippen LogP contribution is -2.52. The Hall–Kier alpha value is -1.54. The summed E-state index contributed by atoms with van der Waals surface area (Å²) < 4.78 is 0. The quantitative estimate of drug-likeness (QED) is 0.639. The highest BCUT2D eigenvalue weighted by Gasteiger charge is 2.44. The van der Waals surface area contributed by atoms with Crippen LogP contribution in [0.25, 0.3) is 0 Å². The van der Waals surface area contributed by atoms with Gasteiger partial charge in [-0.1, -0.05) is 30.4 Å². The molecule has 2 aliphatic carbocycles. The molecule has 0 saturated heterocycles. The van der Waals surface area contributed by atoms with Crippen molar-refractivity contribution in [3.05, 3.63) is 59.0 Å². The second-order valence-electron chi connectivity index (χ2n) is 5.59. The zero-order chi connectivity index (χ0) is 12.9. The molecular weight excluding hydrogens is 220 g/mol. The van der Waals surface area contributed by atoms with Crippen LogP contribution in [0, 0.1) is 5.92 Å². The van der Waals surface area contributed by atoms with Crippen LogP contribution in [0.5, 0.6) is 0 Å². The van der Waals surface area contributed by atoms with Crippen LogP contribution in [0.2, 0.25) is 0 Å². The van der Waals surface area contributed by atoms with Crippen molar-refractivity contribution >= 4 is 0 Å². The molecule has 18 heavy (non-hydrogen) atoms. The minimum Gasteiger partial charge on any atom is -0.359 e. The molecule has 0 amide bonds. The SMILES string of the molecule is C=C1C=CC2=C(C[C@@H]3C=C(C)C[C@@]2(N)/C3=C/C)N1. The summed E-state index contributed by atoms with van der Waals surface area (Å²) in [6.07, 6.45) is 10.7. The standard InChI is InChI=1S/C16H20N2/c1-4-13-12-7-10(2)9-16(13,17)14-6-5-11(3)18-15(14)8-12/h4-7,12,18H,3,8-9,17H2,1-2H3/b13-4+/t12-,16+/m0/s1. The Morgan fingerprint density at radius 1 is 1.50 bits per heavy atom. The van der Waals surface area contributed by atoms with Crippen molar-refractivity contribution in [2.45, 2.75) is 32.2 Å². The van der Waals surface area contributed by atoms with E-state index < -0.39 is 0 Å². The number of nitrogens with one attached hydrogen (secondary N) is 1. The monoisotopic (exact) mass is 240 g/mol. The fraction of sp³-hybridized carbons (Fsp3) is 0.375. The van der Waals surface area contributed by atoms with Crippen molar-refractivity contribution in [1.82, 2.24) is 5.32 Å². The first-order valence-corrected chi connectivity index (χ1v) is 6.55. The predicted octanol–water partition coefficient (Wildman–Crippen LogP) is 2.93. The predicted molar refractivity (Wildman–Crippen MR) is 75.6 cm³/mol. The Bertz CT molecular complexity index is 545. The van der Waals surface area contributed by atoms with E-state index in [0.29, 0.717) is 5.92 Å². The molecule has 0 aromatic heterocycles. The molecule has 1 aliphatic heterocycles. The van der Waals surface area contributed by atoms with Crippen molar-refractivity contribution in [2.24, 2.45) is 11.7 Å². The van der Waals surface area contributed by atoms with Gasteiger partial charge in [-0.25, -0.2) is 0 Å². The Morgan fingerprint density at radius 2 is 2.28 bits per heavy atom. The van der Waals surface area contributed by atoms with E-state index in [2.05, 4.69) is 44.0 Å². The van der Waals surface area contributed by atoms with Crippen LogP contribution < -0.4 is 11.1 Å². The van der Waals surface area contributed by atoms with Gasteiger partial charge in [0.25, 0.3) is 0 Å². The van der Waals surface area contributed by atoms with E-state index in [1.54, 1.807) is 0 Å². The van der Waals surface area contributed by atoms with Gasteiger partial charge in [0.2, 0.25) is 0 Å². The van der Waals surface area contributed by atoms with E-state index in [1.165, 1.54) is 22.4 Å². The topological polar surface area (TPSA) is 38.0 Å². The second kappa shape index (κ2) is 3.72. The second-order valence-corrected chi connectivity index (χ2v) is 5.59. The van der Waals surface area contributed by atoms with E-state index >= 15 is 0 Å². The van der Waals surface area contributed by atoms with Crippen LogP contribution in [0.4, 0.5) is 0 Å². The number of nitrogens with two attached hydrogens (primary N) is 1. The van der Waals surface area contributed by atoms with Gasteiger partial charge >= 0.3 is 0 Å². The summed E-state index contributed by atoms with van der Waals surface area (Å²) in [5.74, 6) is 0.444. The average molecular weight is 240 g/mol. The van der Waals surface area contributed by atoms with Crippen LogP contribution >= 0.6 is 0 Å². The van der Waals surface area contributed by atoms with Gasteiger partial charge in [0.05, 0.1) is 5.54 Å². The third kappa shape index (κ3) is 1.45. The average Bonchev–Trinajstić information content (AvgIpc) is 2.26. The van der Waals surface area contributed by atoms with Crippen molar-refractivity contribution in [3.63, 3.8) is 0 Å². The zero-order valence-electron chi connectivity index (χ0n) is 11.1. The lowest BCUT2D eigenvalue weighted by Gasteiger charge is -2.47. The molecule has 2 atom stereocenters. The van der Waals surface area contributed by atoms with E-state index in [9.17, 15) is 0 Å². The summed E-state index contributed by atoms with van der Waals surface area (Å²) in [7, 11) is 0. The molecule has 2 nitrogen and oxygen atoms in total. The summed E-state index contributed by atoms with van der Waals surface area (Å²) in [5, 5.41) is 3.39. The largest absolute Gasteiger partial charge is 0.359 e. The van der Waals surface area contributed by atoms with Gasteiger partial charge in [0, 0.05) is 17.3 Å². The molecule has 0 saturated carbocycles. The Kier molecular flexibility index (Phi) is 2.39. The number of rotatable bonds is 0. The van der Waals surface area contributed by atoms with Crippen LogP contribution in [0.15, 0.2) is 59.0 Å².